The van der Waals surface area contributed by atoms with Gasteiger partial charge in [0, 0.05) is 17.6 Å². The third-order valence-electron chi connectivity index (χ3n) is 4.15. The van der Waals surface area contributed by atoms with Gasteiger partial charge in [0.2, 0.25) is 0 Å². The SMILES string of the molecule is CCc1nc(C)c(CNC(=O)Nc2cccc(N3C(=O)CN(C)C3=O)c2)s1. The Bertz CT molecular complexity index is 895. The Morgan fingerprint density at radius 1 is 1.33 bits per heavy atom. The first-order valence-corrected chi connectivity index (χ1v) is 9.38. The number of hydrogen-bond acceptors (Lipinski definition) is 5. The van der Waals surface area contributed by atoms with Crippen LogP contribution in [0.25, 0.3) is 0 Å². The molecule has 2 heterocycles. The molecule has 1 fully saturated rings. The summed E-state index contributed by atoms with van der Waals surface area (Å²) in [4.78, 5) is 44.2. The molecular formula is C18H21N5O3S. The maximum absolute atomic E-state index is 12.2. The van der Waals surface area contributed by atoms with E-state index in [0.29, 0.717) is 17.9 Å². The molecule has 3 rings (SSSR count). The monoisotopic (exact) mass is 387 g/mol. The number of carbonyl (C=O) groups excluding carboxylic acids is 3. The number of amides is 5. The van der Waals surface area contributed by atoms with E-state index in [9.17, 15) is 14.4 Å². The number of anilines is 2. The molecule has 1 aliphatic rings. The standard InChI is InChI=1S/C18H21N5O3S/c1-4-15-20-11(2)14(27-15)9-19-17(25)21-12-6-5-7-13(8-12)23-16(24)10-22(3)18(23)26/h5-8H,4,9-10H2,1-3H3,(H2,19,21,25). The minimum atomic E-state index is -0.381. The van der Waals surface area contributed by atoms with E-state index in [0.717, 1.165) is 26.9 Å². The molecular weight excluding hydrogens is 366 g/mol. The zero-order chi connectivity index (χ0) is 19.6. The highest BCUT2D eigenvalue weighted by Gasteiger charge is 2.34. The molecule has 2 aromatic rings. The number of rotatable bonds is 5. The fourth-order valence-corrected chi connectivity index (χ4v) is 3.68. The largest absolute Gasteiger partial charge is 0.333 e. The van der Waals surface area contributed by atoms with E-state index in [1.807, 2.05) is 13.8 Å². The Balaban J connectivity index is 1.64. The van der Waals surface area contributed by atoms with Crippen molar-refractivity contribution in [2.75, 3.05) is 23.8 Å². The number of nitrogens with zero attached hydrogens (tertiary/aromatic N) is 3. The zero-order valence-electron chi connectivity index (χ0n) is 15.4. The maximum Gasteiger partial charge on any atom is 0.331 e. The zero-order valence-corrected chi connectivity index (χ0v) is 16.2. The molecule has 27 heavy (non-hydrogen) atoms. The quantitative estimate of drug-likeness (QED) is 0.771. The van der Waals surface area contributed by atoms with Crippen molar-refractivity contribution in [3.8, 4) is 0 Å². The molecule has 0 radical (unpaired) electrons. The van der Waals surface area contributed by atoms with Gasteiger partial charge in [0.1, 0.15) is 6.54 Å². The van der Waals surface area contributed by atoms with Gasteiger partial charge in [-0.15, -0.1) is 11.3 Å². The van der Waals surface area contributed by atoms with Gasteiger partial charge >= 0.3 is 12.1 Å². The van der Waals surface area contributed by atoms with Crippen molar-refractivity contribution in [2.24, 2.45) is 0 Å². The van der Waals surface area contributed by atoms with Gasteiger partial charge in [-0.25, -0.2) is 19.5 Å². The molecule has 2 N–H and O–H groups in total. The molecule has 0 unspecified atom stereocenters. The molecule has 0 aliphatic carbocycles. The minimum absolute atomic E-state index is 0.0466. The molecule has 1 aliphatic heterocycles. The first-order chi connectivity index (χ1) is 12.9. The molecule has 1 aromatic carbocycles. The van der Waals surface area contributed by atoms with E-state index in [1.165, 1.54) is 4.90 Å². The number of thiazole rings is 1. The van der Waals surface area contributed by atoms with Gasteiger partial charge in [-0.05, 0) is 31.5 Å². The number of imide groups is 1. The Labute approximate surface area is 161 Å². The van der Waals surface area contributed by atoms with Crippen LogP contribution in [0.4, 0.5) is 21.0 Å². The van der Waals surface area contributed by atoms with E-state index < -0.39 is 0 Å². The second-order valence-corrected chi connectivity index (χ2v) is 7.36. The lowest BCUT2D eigenvalue weighted by atomic mass is 10.2. The minimum Gasteiger partial charge on any atom is -0.333 e. The van der Waals surface area contributed by atoms with Crippen LogP contribution in [-0.4, -0.2) is 41.4 Å². The number of aromatic nitrogens is 1. The maximum atomic E-state index is 12.2. The van der Waals surface area contributed by atoms with Gasteiger partial charge in [0.05, 0.1) is 22.9 Å². The second kappa shape index (κ2) is 7.75. The summed E-state index contributed by atoms with van der Waals surface area (Å²) in [6.45, 7) is 4.41. The first kappa shape index (κ1) is 18.8. The summed E-state index contributed by atoms with van der Waals surface area (Å²) in [5.74, 6) is -0.295. The highest BCUT2D eigenvalue weighted by atomic mass is 32.1. The van der Waals surface area contributed by atoms with Crippen LogP contribution >= 0.6 is 11.3 Å². The van der Waals surface area contributed by atoms with Crippen molar-refractivity contribution < 1.29 is 14.4 Å². The fraction of sp³-hybridized carbons (Fsp3) is 0.333. The lowest BCUT2D eigenvalue weighted by Crippen LogP contribution is -2.31. The average molecular weight is 387 g/mol. The normalized spacial score (nSPS) is 14.0. The number of benzene rings is 1. The van der Waals surface area contributed by atoms with E-state index in [1.54, 1.807) is 42.6 Å². The lowest BCUT2D eigenvalue weighted by Gasteiger charge is -2.15. The highest BCUT2D eigenvalue weighted by Crippen LogP contribution is 2.24. The summed E-state index contributed by atoms with van der Waals surface area (Å²) in [5.41, 5.74) is 1.85. The van der Waals surface area contributed by atoms with Crippen LogP contribution in [0, 0.1) is 6.92 Å². The summed E-state index contributed by atoms with van der Waals surface area (Å²) in [7, 11) is 1.57. The van der Waals surface area contributed by atoms with Crippen molar-refractivity contribution >= 4 is 40.7 Å². The predicted molar refractivity (Wildman–Crippen MR) is 104 cm³/mol. The van der Waals surface area contributed by atoms with Crippen LogP contribution in [0.5, 0.6) is 0 Å². The summed E-state index contributed by atoms with van der Waals surface area (Å²) < 4.78 is 0. The molecule has 8 nitrogen and oxygen atoms in total. The van der Waals surface area contributed by atoms with Gasteiger partial charge in [0.25, 0.3) is 5.91 Å². The van der Waals surface area contributed by atoms with Crippen LogP contribution in [0.3, 0.4) is 0 Å². The molecule has 9 heteroatoms. The Hall–Kier alpha value is -2.94. The third-order valence-corrected chi connectivity index (χ3v) is 5.45. The van der Waals surface area contributed by atoms with Gasteiger partial charge in [0.15, 0.2) is 0 Å². The van der Waals surface area contributed by atoms with Gasteiger partial charge in [-0.2, -0.15) is 0 Å². The van der Waals surface area contributed by atoms with Gasteiger partial charge in [-0.1, -0.05) is 13.0 Å². The van der Waals surface area contributed by atoms with Crippen molar-refractivity contribution in [1.82, 2.24) is 15.2 Å². The number of carbonyl (C=O) groups is 3. The van der Waals surface area contributed by atoms with E-state index >= 15 is 0 Å². The van der Waals surface area contributed by atoms with Gasteiger partial charge in [-0.3, -0.25) is 4.79 Å². The summed E-state index contributed by atoms with van der Waals surface area (Å²) in [6.07, 6.45) is 0.869. The van der Waals surface area contributed by atoms with Crippen LogP contribution in [0.15, 0.2) is 24.3 Å². The molecule has 5 amide bonds. The number of aryl methyl sites for hydroxylation is 2. The second-order valence-electron chi connectivity index (χ2n) is 6.20. The smallest absolute Gasteiger partial charge is 0.331 e. The summed E-state index contributed by atoms with van der Waals surface area (Å²) >= 11 is 1.59. The predicted octanol–water partition coefficient (Wildman–Crippen LogP) is 2.73. The van der Waals surface area contributed by atoms with Crippen molar-refractivity contribution in [2.45, 2.75) is 26.8 Å². The summed E-state index contributed by atoms with van der Waals surface area (Å²) in [5, 5.41) is 6.58. The number of nitrogens with one attached hydrogen (secondary N) is 2. The van der Waals surface area contributed by atoms with Crippen molar-refractivity contribution in [3.63, 3.8) is 0 Å². The fourth-order valence-electron chi connectivity index (χ4n) is 2.74. The Morgan fingerprint density at radius 2 is 2.11 bits per heavy atom. The van der Waals surface area contributed by atoms with E-state index in [2.05, 4.69) is 15.6 Å². The summed E-state index contributed by atoms with van der Waals surface area (Å²) in [6, 6.07) is 5.89. The van der Waals surface area contributed by atoms with Crippen LogP contribution < -0.4 is 15.5 Å². The average Bonchev–Trinajstić information content (AvgIpc) is 3.12. The lowest BCUT2D eigenvalue weighted by molar-refractivity contribution is -0.116. The van der Waals surface area contributed by atoms with Crippen LogP contribution in [0.2, 0.25) is 0 Å². The van der Waals surface area contributed by atoms with E-state index in [-0.39, 0.29) is 24.5 Å². The molecule has 0 atom stereocenters. The van der Waals surface area contributed by atoms with E-state index in [4.69, 9.17) is 0 Å². The Kier molecular flexibility index (Phi) is 5.41. The topological polar surface area (TPSA) is 94.6 Å². The van der Waals surface area contributed by atoms with Crippen LogP contribution in [0.1, 0.15) is 22.5 Å². The molecule has 1 aromatic heterocycles. The molecule has 0 bridgehead atoms. The van der Waals surface area contributed by atoms with Crippen LogP contribution in [-0.2, 0) is 17.8 Å². The van der Waals surface area contributed by atoms with Crippen molar-refractivity contribution in [1.29, 1.82) is 0 Å². The number of likely N-dealkylation sites (N-methyl/N-ethyl adjacent to an activating group) is 1. The number of urea groups is 2. The highest BCUT2D eigenvalue weighted by molar-refractivity contribution is 7.11. The van der Waals surface area contributed by atoms with Crippen molar-refractivity contribution in [3.05, 3.63) is 39.8 Å². The first-order valence-electron chi connectivity index (χ1n) is 8.57. The molecule has 142 valence electrons. The Morgan fingerprint density at radius 3 is 2.74 bits per heavy atom. The molecule has 0 spiro atoms. The number of hydrogen-bond donors (Lipinski definition) is 2. The third kappa shape index (κ3) is 4.08. The molecule has 1 saturated heterocycles. The van der Waals surface area contributed by atoms with Gasteiger partial charge < -0.3 is 15.5 Å². The molecule has 0 saturated carbocycles.